The van der Waals surface area contributed by atoms with Gasteiger partial charge in [0.05, 0.1) is 15.6 Å². The van der Waals surface area contributed by atoms with Crippen LogP contribution in [-0.2, 0) is 24.3 Å². The van der Waals surface area contributed by atoms with E-state index in [0.717, 1.165) is 9.87 Å². The SMILES string of the molecule is Cc1ccc(S(=O)(=O)N(C)CC(=O)OCC(=O)Nc2cc(Cl)ccc2Cl)cc1. The summed E-state index contributed by atoms with van der Waals surface area (Å²) < 4.78 is 30.6. The molecule has 0 bridgehead atoms. The zero-order chi connectivity index (χ0) is 20.9. The fourth-order valence-corrected chi connectivity index (χ4v) is 3.58. The molecule has 1 N–H and O–H groups in total. The average Bonchev–Trinajstić information content (AvgIpc) is 2.63. The molecule has 0 aromatic heterocycles. The van der Waals surface area contributed by atoms with Gasteiger partial charge in [-0.05, 0) is 37.3 Å². The van der Waals surface area contributed by atoms with Crippen molar-refractivity contribution in [2.75, 3.05) is 25.5 Å². The zero-order valence-electron chi connectivity index (χ0n) is 15.1. The minimum Gasteiger partial charge on any atom is -0.455 e. The standard InChI is InChI=1S/C18H18Cl2N2O5S/c1-12-3-6-14(7-4-12)28(25,26)22(2)10-18(24)27-11-17(23)21-16-9-13(19)5-8-15(16)20/h3-9H,10-11H2,1-2H3,(H,21,23). The van der Waals surface area contributed by atoms with Crippen LogP contribution in [0.4, 0.5) is 5.69 Å². The van der Waals surface area contributed by atoms with Crippen molar-refractivity contribution in [1.82, 2.24) is 4.31 Å². The summed E-state index contributed by atoms with van der Waals surface area (Å²) in [7, 11) is -2.60. The molecular formula is C18H18Cl2N2O5S. The number of likely N-dealkylation sites (N-methyl/N-ethyl adjacent to an activating group) is 1. The molecule has 150 valence electrons. The average molecular weight is 445 g/mol. The normalized spacial score (nSPS) is 11.3. The molecule has 2 aromatic carbocycles. The molecule has 0 unspecified atom stereocenters. The van der Waals surface area contributed by atoms with Gasteiger partial charge in [-0.15, -0.1) is 0 Å². The van der Waals surface area contributed by atoms with Gasteiger partial charge in [0.1, 0.15) is 6.54 Å². The van der Waals surface area contributed by atoms with Gasteiger partial charge in [0.25, 0.3) is 5.91 Å². The molecular weight excluding hydrogens is 427 g/mol. The predicted octanol–water partition coefficient (Wildman–Crippen LogP) is 3.10. The summed E-state index contributed by atoms with van der Waals surface area (Å²) in [6, 6.07) is 10.7. The highest BCUT2D eigenvalue weighted by atomic mass is 35.5. The third-order valence-electron chi connectivity index (χ3n) is 3.65. The van der Waals surface area contributed by atoms with Crippen molar-refractivity contribution in [1.29, 1.82) is 0 Å². The zero-order valence-corrected chi connectivity index (χ0v) is 17.4. The van der Waals surface area contributed by atoms with Gasteiger partial charge in [-0.25, -0.2) is 8.42 Å². The van der Waals surface area contributed by atoms with E-state index in [4.69, 9.17) is 27.9 Å². The first-order chi connectivity index (χ1) is 13.1. The van der Waals surface area contributed by atoms with Crippen LogP contribution in [0, 0.1) is 6.92 Å². The lowest BCUT2D eigenvalue weighted by Gasteiger charge is -2.16. The summed E-state index contributed by atoms with van der Waals surface area (Å²) in [4.78, 5) is 23.9. The monoisotopic (exact) mass is 444 g/mol. The van der Waals surface area contributed by atoms with Crippen LogP contribution in [0.15, 0.2) is 47.4 Å². The molecule has 28 heavy (non-hydrogen) atoms. The number of carbonyl (C=O) groups excluding carboxylic acids is 2. The Morgan fingerprint density at radius 1 is 1.11 bits per heavy atom. The summed E-state index contributed by atoms with van der Waals surface area (Å²) in [6.07, 6.45) is 0. The third kappa shape index (κ3) is 5.93. The van der Waals surface area contributed by atoms with Crippen molar-refractivity contribution >= 4 is 50.8 Å². The summed E-state index contributed by atoms with van der Waals surface area (Å²) in [5.74, 6) is -1.51. The molecule has 0 aliphatic rings. The Hall–Kier alpha value is -2.13. The fraction of sp³-hybridized carbons (Fsp3) is 0.222. The molecule has 2 aromatic rings. The summed E-state index contributed by atoms with van der Waals surface area (Å²) in [5.41, 5.74) is 1.18. The summed E-state index contributed by atoms with van der Waals surface area (Å²) >= 11 is 11.8. The summed E-state index contributed by atoms with van der Waals surface area (Å²) in [6.45, 7) is 0.695. The molecule has 0 atom stereocenters. The third-order valence-corrected chi connectivity index (χ3v) is 6.03. The Morgan fingerprint density at radius 2 is 1.75 bits per heavy atom. The van der Waals surface area contributed by atoms with Crippen molar-refractivity contribution in [3.05, 3.63) is 58.1 Å². The van der Waals surface area contributed by atoms with Crippen LogP contribution < -0.4 is 5.32 Å². The van der Waals surface area contributed by atoms with E-state index in [2.05, 4.69) is 5.32 Å². The van der Waals surface area contributed by atoms with Gasteiger partial charge in [-0.3, -0.25) is 9.59 Å². The Morgan fingerprint density at radius 3 is 2.39 bits per heavy atom. The number of nitrogens with one attached hydrogen (secondary N) is 1. The smallest absolute Gasteiger partial charge is 0.321 e. The van der Waals surface area contributed by atoms with Gasteiger partial charge in [-0.2, -0.15) is 4.31 Å². The number of aryl methyl sites for hydroxylation is 1. The maximum absolute atomic E-state index is 12.4. The van der Waals surface area contributed by atoms with E-state index in [9.17, 15) is 18.0 Å². The van der Waals surface area contributed by atoms with Crippen molar-refractivity contribution < 1.29 is 22.7 Å². The Balaban J connectivity index is 1.90. The highest BCUT2D eigenvalue weighted by molar-refractivity contribution is 7.89. The molecule has 0 aliphatic carbocycles. The van der Waals surface area contributed by atoms with Crippen LogP contribution in [0.25, 0.3) is 0 Å². The highest BCUT2D eigenvalue weighted by Gasteiger charge is 2.23. The molecule has 0 fully saturated rings. The van der Waals surface area contributed by atoms with E-state index < -0.39 is 35.1 Å². The second kappa shape index (κ2) is 9.38. The minimum absolute atomic E-state index is 0.0572. The lowest BCUT2D eigenvalue weighted by atomic mass is 10.2. The summed E-state index contributed by atoms with van der Waals surface area (Å²) in [5, 5.41) is 3.10. The van der Waals surface area contributed by atoms with Crippen LogP contribution in [0.1, 0.15) is 5.56 Å². The number of nitrogens with zero attached hydrogens (tertiary/aromatic N) is 1. The van der Waals surface area contributed by atoms with E-state index >= 15 is 0 Å². The van der Waals surface area contributed by atoms with Gasteiger partial charge in [0.2, 0.25) is 10.0 Å². The molecule has 0 spiro atoms. The fourth-order valence-electron chi connectivity index (χ4n) is 2.13. The second-order valence-corrected chi connectivity index (χ2v) is 8.80. The van der Waals surface area contributed by atoms with Crippen LogP contribution in [0.5, 0.6) is 0 Å². The number of benzene rings is 2. The molecule has 10 heteroatoms. The van der Waals surface area contributed by atoms with E-state index in [1.165, 1.54) is 31.3 Å². The van der Waals surface area contributed by atoms with E-state index in [1.807, 2.05) is 6.92 Å². The lowest BCUT2D eigenvalue weighted by molar-refractivity contribution is -0.147. The molecule has 0 heterocycles. The van der Waals surface area contributed by atoms with Crippen molar-refractivity contribution in [3.63, 3.8) is 0 Å². The molecule has 1 amide bonds. The Kier molecular flexibility index (Phi) is 7.42. The molecule has 7 nitrogen and oxygen atoms in total. The minimum atomic E-state index is -3.85. The van der Waals surface area contributed by atoms with Crippen LogP contribution >= 0.6 is 23.2 Å². The van der Waals surface area contributed by atoms with E-state index in [0.29, 0.717) is 5.02 Å². The number of amides is 1. The highest BCUT2D eigenvalue weighted by Crippen LogP contribution is 2.25. The number of ether oxygens (including phenoxy) is 1. The topological polar surface area (TPSA) is 92.8 Å². The van der Waals surface area contributed by atoms with Crippen LogP contribution in [0.2, 0.25) is 10.0 Å². The van der Waals surface area contributed by atoms with Crippen LogP contribution in [0.3, 0.4) is 0 Å². The van der Waals surface area contributed by atoms with Crippen molar-refractivity contribution in [3.8, 4) is 0 Å². The van der Waals surface area contributed by atoms with Gasteiger partial charge < -0.3 is 10.1 Å². The number of halogens is 2. The molecule has 0 saturated carbocycles. The maximum Gasteiger partial charge on any atom is 0.321 e. The number of anilines is 1. The lowest BCUT2D eigenvalue weighted by Crippen LogP contribution is -2.34. The van der Waals surface area contributed by atoms with Crippen molar-refractivity contribution in [2.24, 2.45) is 0 Å². The number of hydrogen-bond acceptors (Lipinski definition) is 5. The Bertz CT molecular complexity index is 978. The molecule has 2 rings (SSSR count). The van der Waals surface area contributed by atoms with Crippen LogP contribution in [-0.4, -0.2) is 44.8 Å². The number of esters is 1. The first-order valence-electron chi connectivity index (χ1n) is 8.03. The quantitative estimate of drug-likeness (QED) is 0.662. The number of hydrogen-bond donors (Lipinski definition) is 1. The largest absolute Gasteiger partial charge is 0.455 e. The number of rotatable bonds is 7. The first-order valence-corrected chi connectivity index (χ1v) is 10.2. The molecule has 0 radical (unpaired) electrons. The number of carbonyl (C=O) groups is 2. The first kappa shape index (κ1) is 22.2. The second-order valence-electron chi connectivity index (χ2n) is 5.91. The van der Waals surface area contributed by atoms with Gasteiger partial charge in [0, 0.05) is 12.1 Å². The molecule has 0 saturated heterocycles. The van der Waals surface area contributed by atoms with E-state index in [1.54, 1.807) is 18.2 Å². The van der Waals surface area contributed by atoms with Gasteiger partial charge in [0.15, 0.2) is 6.61 Å². The maximum atomic E-state index is 12.4. The van der Waals surface area contributed by atoms with Crippen molar-refractivity contribution in [2.45, 2.75) is 11.8 Å². The predicted molar refractivity (Wildman–Crippen MR) is 107 cm³/mol. The van der Waals surface area contributed by atoms with E-state index in [-0.39, 0.29) is 15.6 Å². The van der Waals surface area contributed by atoms with Gasteiger partial charge >= 0.3 is 5.97 Å². The van der Waals surface area contributed by atoms with Gasteiger partial charge in [-0.1, -0.05) is 40.9 Å². The number of sulfonamides is 1. The molecule has 0 aliphatic heterocycles. The Labute approximate surface area is 173 Å².